The molecule has 0 aliphatic heterocycles. The number of anilines is 1. The maximum absolute atomic E-state index is 13.4. The van der Waals surface area contributed by atoms with E-state index in [9.17, 15) is 13.2 Å². The van der Waals surface area contributed by atoms with E-state index in [1.54, 1.807) is 18.2 Å². The number of hydrogen-bond donors (Lipinski definition) is 1. The van der Waals surface area contributed by atoms with Gasteiger partial charge in [-0.3, -0.25) is 9.10 Å². The summed E-state index contributed by atoms with van der Waals surface area (Å²) in [4.78, 5) is 13.4. The molecule has 1 aliphatic carbocycles. The molecule has 2 aromatic carbocycles. The first-order valence-corrected chi connectivity index (χ1v) is 13.6. The molecule has 0 spiro atoms. The zero-order valence-electron chi connectivity index (χ0n) is 19.3. The molecule has 0 radical (unpaired) electrons. The number of amides is 1. The van der Waals surface area contributed by atoms with Gasteiger partial charge in [-0.2, -0.15) is 0 Å². The van der Waals surface area contributed by atoms with Crippen molar-refractivity contribution in [3.8, 4) is 0 Å². The minimum absolute atomic E-state index is 0.175. The van der Waals surface area contributed by atoms with Gasteiger partial charge in [-0.05, 0) is 79.8 Å². The van der Waals surface area contributed by atoms with Crippen molar-refractivity contribution in [3.63, 3.8) is 0 Å². The Bertz CT molecular complexity index is 1080. The molecule has 1 amide bonds. The summed E-state index contributed by atoms with van der Waals surface area (Å²) in [6, 6.07) is 10.5. The van der Waals surface area contributed by atoms with Crippen molar-refractivity contribution in [1.29, 1.82) is 0 Å². The Labute approximate surface area is 197 Å². The monoisotopic (exact) mass is 476 g/mol. The van der Waals surface area contributed by atoms with Gasteiger partial charge in [-0.25, -0.2) is 8.42 Å². The number of sulfonamides is 1. The van der Waals surface area contributed by atoms with Crippen molar-refractivity contribution >= 4 is 33.2 Å². The molecule has 0 aromatic heterocycles. The van der Waals surface area contributed by atoms with Gasteiger partial charge in [-0.1, -0.05) is 49.7 Å². The van der Waals surface area contributed by atoms with Crippen LogP contribution in [0.15, 0.2) is 36.4 Å². The number of fused-ring (bicyclic) bond motifs is 1. The van der Waals surface area contributed by atoms with Crippen LogP contribution in [0.1, 0.15) is 67.8 Å². The highest BCUT2D eigenvalue weighted by Crippen LogP contribution is 2.30. The first kappa shape index (κ1) is 24.6. The number of hydrogen-bond acceptors (Lipinski definition) is 3. The second kappa shape index (κ2) is 10.3. The molecule has 0 unspecified atom stereocenters. The van der Waals surface area contributed by atoms with Gasteiger partial charge in [0.05, 0.1) is 18.0 Å². The SMILES string of the molecule is CC[C@@H](NC(=O)[C@H](CC)N(c1cc(Cl)ccc1C)S(C)(=O)=O)c1ccc2c(c1)CCCC2. The summed E-state index contributed by atoms with van der Waals surface area (Å²) in [7, 11) is -3.72. The summed E-state index contributed by atoms with van der Waals surface area (Å²) >= 11 is 6.16. The van der Waals surface area contributed by atoms with Crippen LogP contribution in [0.4, 0.5) is 5.69 Å². The lowest BCUT2D eigenvalue weighted by Crippen LogP contribution is -2.50. The summed E-state index contributed by atoms with van der Waals surface area (Å²) in [5, 5.41) is 3.55. The van der Waals surface area contributed by atoms with E-state index in [2.05, 4.69) is 23.5 Å². The third kappa shape index (κ3) is 5.46. The molecule has 1 N–H and O–H groups in total. The van der Waals surface area contributed by atoms with Gasteiger partial charge in [0.15, 0.2) is 0 Å². The third-order valence-electron chi connectivity index (χ3n) is 6.24. The lowest BCUT2D eigenvalue weighted by atomic mass is 9.88. The zero-order chi connectivity index (χ0) is 23.5. The van der Waals surface area contributed by atoms with E-state index in [4.69, 9.17) is 11.6 Å². The summed E-state index contributed by atoms with van der Waals surface area (Å²) in [5.41, 5.74) is 5.01. The average Bonchev–Trinajstić information content (AvgIpc) is 2.76. The van der Waals surface area contributed by atoms with Crippen LogP contribution in [0, 0.1) is 6.92 Å². The van der Waals surface area contributed by atoms with Crippen LogP contribution in [0.25, 0.3) is 0 Å². The van der Waals surface area contributed by atoms with Crippen LogP contribution in [0.5, 0.6) is 0 Å². The Hall–Kier alpha value is -2.05. The van der Waals surface area contributed by atoms with E-state index in [-0.39, 0.29) is 11.9 Å². The Morgan fingerprint density at radius 2 is 1.75 bits per heavy atom. The molecule has 2 aromatic rings. The number of carbonyl (C=O) groups excluding carboxylic acids is 1. The molecule has 0 saturated carbocycles. The van der Waals surface area contributed by atoms with Crippen LogP contribution >= 0.6 is 11.6 Å². The lowest BCUT2D eigenvalue weighted by molar-refractivity contribution is -0.123. The second-order valence-corrected chi connectivity index (χ2v) is 10.9. The minimum atomic E-state index is -3.72. The molecular weight excluding hydrogens is 444 g/mol. The highest BCUT2D eigenvalue weighted by Gasteiger charge is 2.33. The Morgan fingerprint density at radius 3 is 2.38 bits per heavy atom. The number of nitrogens with zero attached hydrogens (tertiary/aromatic N) is 1. The lowest BCUT2D eigenvalue weighted by Gasteiger charge is -2.32. The van der Waals surface area contributed by atoms with E-state index in [1.165, 1.54) is 28.3 Å². The van der Waals surface area contributed by atoms with Gasteiger partial charge < -0.3 is 5.32 Å². The number of halogens is 1. The largest absolute Gasteiger partial charge is 0.347 e. The van der Waals surface area contributed by atoms with Gasteiger partial charge in [0.2, 0.25) is 15.9 Å². The van der Waals surface area contributed by atoms with E-state index in [0.717, 1.165) is 36.6 Å². The van der Waals surface area contributed by atoms with E-state index >= 15 is 0 Å². The minimum Gasteiger partial charge on any atom is -0.347 e. The van der Waals surface area contributed by atoms with Crippen molar-refractivity contribution < 1.29 is 13.2 Å². The van der Waals surface area contributed by atoms with Crippen LogP contribution in [-0.2, 0) is 27.7 Å². The van der Waals surface area contributed by atoms with Gasteiger partial charge in [0.1, 0.15) is 6.04 Å². The number of carbonyl (C=O) groups is 1. The summed E-state index contributed by atoms with van der Waals surface area (Å²) in [6.45, 7) is 5.67. The van der Waals surface area contributed by atoms with Crippen molar-refractivity contribution in [1.82, 2.24) is 5.32 Å². The topological polar surface area (TPSA) is 66.5 Å². The third-order valence-corrected chi connectivity index (χ3v) is 7.64. The van der Waals surface area contributed by atoms with Crippen LogP contribution < -0.4 is 9.62 Å². The fraction of sp³-hybridized carbons (Fsp3) is 0.480. The molecule has 32 heavy (non-hydrogen) atoms. The van der Waals surface area contributed by atoms with Gasteiger partial charge >= 0.3 is 0 Å². The van der Waals surface area contributed by atoms with Gasteiger partial charge in [0, 0.05) is 5.02 Å². The normalized spacial score (nSPS) is 15.5. The smallest absolute Gasteiger partial charge is 0.244 e. The molecule has 174 valence electrons. The van der Waals surface area contributed by atoms with Crippen molar-refractivity contribution in [2.24, 2.45) is 0 Å². The molecule has 5 nitrogen and oxygen atoms in total. The molecule has 0 fully saturated rings. The van der Waals surface area contributed by atoms with Crippen LogP contribution in [0.2, 0.25) is 5.02 Å². The van der Waals surface area contributed by atoms with E-state index in [1.807, 2.05) is 20.8 Å². The van der Waals surface area contributed by atoms with E-state index < -0.39 is 16.1 Å². The van der Waals surface area contributed by atoms with Crippen LogP contribution in [0.3, 0.4) is 0 Å². The molecule has 1 aliphatic rings. The number of aryl methyl sites for hydroxylation is 3. The molecule has 7 heteroatoms. The number of benzene rings is 2. The first-order chi connectivity index (χ1) is 15.2. The predicted molar refractivity (Wildman–Crippen MR) is 132 cm³/mol. The quantitative estimate of drug-likeness (QED) is 0.559. The Balaban J connectivity index is 1.91. The summed E-state index contributed by atoms with van der Waals surface area (Å²) in [6.07, 6.45) is 6.79. The number of rotatable bonds is 8. The molecule has 0 bridgehead atoms. The molecule has 3 rings (SSSR count). The second-order valence-electron chi connectivity index (χ2n) is 8.62. The highest BCUT2D eigenvalue weighted by atomic mass is 35.5. The summed E-state index contributed by atoms with van der Waals surface area (Å²) in [5.74, 6) is -0.304. The van der Waals surface area contributed by atoms with Gasteiger partial charge in [0.25, 0.3) is 0 Å². The standard InChI is InChI=1S/C25H33ClN2O3S/c1-5-22(20-13-12-18-9-7-8-10-19(18)15-20)27-25(29)23(6-2)28(32(4,30)31)24-16-21(26)14-11-17(24)3/h11-16,22-23H,5-10H2,1-4H3,(H,27,29)/t22-,23+/m1/s1. The molecule has 2 atom stereocenters. The van der Waals surface area contributed by atoms with E-state index in [0.29, 0.717) is 17.1 Å². The predicted octanol–water partition coefficient (Wildman–Crippen LogP) is 5.34. The Morgan fingerprint density at radius 1 is 1.06 bits per heavy atom. The van der Waals surface area contributed by atoms with Gasteiger partial charge in [-0.15, -0.1) is 0 Å². The maximum Gasteiger partial charge on any atom is 0.244 e. The molecule has 0 heterocycles. The fourth-order valence-electron chi connectivity index (χ4n) is 4.51. The van der Waals surface area contributed by atoms with Crippen molar-refractivity contribution in [2.45, 2.75) is 71.4 Å². The highest BCUT2D eigenvalue weighted by molar-refractivity contribution is 7.92. The van der Waals surface area contributed by atoms with Crippen molar-refractivity contribution in [3.05, 3.63) is 63.7 Å². The summed E-state index contributed by atoms with van der Waals surface area (Å²) < 4.78 is 26.8. The average molecular weight is 477 g/mol. The van der Waals surface area contributed by atoms with Crippen LogP contribution in [-0.4, -0.2) is 26.6 Å². The molecule has 0 saturated heterocycles. The first-order valence-electron chi connectivity index (χ1n) is 11.3. The molecular formula is C25H33ClN2O3S. The number of nitrogens with one attached hydrogen (secondary N) is 1. The zero-order valence-corrected chi connectivity index (χ0v) is 20.9. The maximum atomic E-state index is 13.4. The Kier molecular flexibility index (Phi) is 7.88. The van der Waals surface area contributed by atoms with Crippen molar-refractivity contribution in [2.75, 3.05) is 10.6 Å². The fourth-order valence-corrected chi connectivity index (χ4v) is 5.94.